The Bertz CT molecular complexity index is 788. The summed E-state index contributed by atoms with van der Waals surface area (Å²) in [7, 11) is 3.75. The Balaban J connectivity index is 0.00000341. The molecule has 1 aromatic heterocycles. The van der Waals surface area contributed by atoms with Crippen molar-refractivity contribution in [3.63, 3.8) is 0 Å². The predicted molar refractivity (Wildman–Crippen MR) is 135 cm³/mol. The highest BCUT2D eigenvalue weighted by Gasteiger charge is 2.20. The van der Waals surface area contributed by atoms with Crippen LogP contribution in [0.2, 0.25) is 0 Å². The summed E-state index contributed by atoms with van der Waals surface area (Å²) in [5.41, 5.74) is 1.20. The first kappa shape index (κ1) is 25.5. The number of aliphatic imine (C=N–C) groups is 1. The molecule has 2 heterocycles. The molecule has 0 amide bonds. The van der Waals surface area contributed by atoms with Gasteiger partial charge in [-0.1, -0.05) is 30.3 Å². The number of piperidine rings is 1. The highest BCUT2D eigenvalue weighted by molar-refractivity contribution is 14.0. The molecule has 0 atom stereocenters. The number of aryl methyl sites for hydroxylation is 1. The normalized spacial score (nSPS) is 15.5. The van der Waals surface area contributed by atoms with E-state index in [2.05, 4.69) is 37.9 Å². The van der Waals surface area contributed by atoms with E-state index in [4.69, 9.17) is 9.73 Å². The van der Waals surface area contributed by atoms with Crippen molar-refractivity contribution in [1.82, 2.24) is 30.3 Å². The fourth-order valence-electron chi connectivity index (χ4n) is 3.60. The van der Waals surface area contributed by atoms with E-state index in [1.54, 1.807) is 7.11 Å². The second kappa shape index (κ2) is 13.6. The molecule has 1 aliphatic heterocycles. The Morgan fingerprint density at radius 2 is 1.94 bits per heavy atom. The number of aromatic nitrogens is 3. The van der Waals surface area contributed by atoms with Crippen LogP contribution in [-0.2, 0) is 24.9 Å². The van der Waals surface area contributed by atoms with Crippen molar-refractivity contribution in [3.05, 3.63) is 47.5 Å². The van der Waals surface area contributed by atoms with E-state index < -0.39 is 0 Å². The molecule has 2 aromatic rings. The zero-order valence-corrected chi connectivity index (χ0v) is 21.2. The number of rotatable bonds is 9. The molecule has 3 rings (SSSR count). The Kier molecular flexibility index (Phi) is 11.2. The SMILES string of the molecule is COCCCN1CCC(NC(=NCc2ccccc2)NCc2nnc(C)n2C)CC1.I. The Hall–Kier alpha value is -1.72. The highest BCUT2D eigenvalue weighted by atomic mass is 127. The number of hydrogen-bond acceptors (Lipinski definition) is 5. The second-order valence-electron chi connectivity index (χ2n) is 7.83. The van der Waals surface area contributed by atoms with Crippen LogP contribution in [0, 0.1) is 6.92 Å². The molecule has 1 aliphatic rings. The highest BCUT2D eigenvalue weighted by Crippen LogP contribution is 2.11. The minimum Gasteiger partial charge on any atom is -0.385 e. The van der Waals surface area contributed by atoms with Crippen molar-refractivity contribution >= 4 is 29.9 Å². The van der Waals surface area contributed by atoms with Crippen LogP contribution in [0.4, 0.5) is 0 Å². The first-order valence-corrected chi connectivity index (χ1v) is 10.8. The number of nitrogens with one attached hydrogen (secondary N) is 2. The molecule has 0 unspecified atom stereocenters. The van der Waals surface area contributed by atoms with E-state index in [-0.39, 0.29) is 24.0 Å². The molecule has 1 saturated heterocycles. The summed E-state index contributed by atoms with van der Waals surface area (Å²) >= 11 is 0. The van der Waals surface area contributed by atoms with Gasteiger partial charge in [0.1, 0.15) is 5.82 Å². The second-order valence-corrected chi connectivity index (χ2v) is 7.83. The van der Waals surface area contributed by atoms with Crippen LogP contribution in [0.1, 0.15) is 36.5 Å². The van der Waals surface area contributed by atoms with Gasteiger partial charge in [-0.15, -0.1) is 34.2 Å². The lowest BCUT2D eigenvalue weighted by atomic mass is 10.1. The van der Waals surface area contributed by atoms with Crippen molar-refractivity contribution in [2.45, 2.75) is 45.3 Å². The molecule has 0 aliphatic carbocycles. The number of halogens is 1. The van der Waals surface area contributed by atoms with Gasteiger partial charge in [0.2, 0.25) is 0 Å². The van der Waals surface area contributed by atoms with Crippen LogP contribution in [0.15, 0.2) is 35.3 Å². The summed E-state index contributed by atoms with van der Waals surface area (Å²) < 4.78 is 7.17. The third-order valence-corrected chi connectivity index (χ3v) is 5.61. The van der Waals surface area contributed by atoms with Crippen molar-refractivity contribution in [2.24, 2.45) is 12.0 Å². The quantitative estimate of drug-likeness (QED) is 0.220. The maximum atomic E-state index is 5.17. The number of methoxy groups -OCH3 is 1. The Labute approximate surface area is 202 Å². The molecular weight excluding hydrogens is 505 g/mol. The van der Waals surface area contributed by atoms with E-state index in [1.165, 1.54) is 5.56 Å². The monoisotopic (exact) mass is 541 g/mol. The Morgan fingerprint density at radius 3 is 2.58 bits per heavy atom. The molecule has 0 radical (unpaired) electrons. The fourth-order valence-corrected chi connectivity index (χ4v) is 3.60. The number of hydrogen-bond donors (Lipinski definition) is 2. The van der Waals surface area contributed by atoms with Crippen LogP contribution in [0.3, 0.4) is 0 Å². The van der Waals surface area contributed by atoms with Gasteiger partial charge in [-0.25, -0.2) is 4.99 Å². The molecule has 0 spiro atoms. The minimum atomic E-state index is 0. The average molecular weight is 541 g/mol. The number of benzene rings is 1. The van der Waals surface area contributed by atoms with Gasteiger partial charge in [0, 0.05) is 46.4 Å². The molecule has 172 valence electrons. The molecule has 0 saturated carbocycles. The van der Waals surface area contributed by atoms with Gasteiger partial charge < -0.3 is 24.8 Å². The third kappa shape index (κ3) is 8.38. The van der Waals surface area contributed by atoms with Gasteiger partial charge in [0.25, 0.3) is 0 Å². The first-order valence-electron chi connectivity index (χ1n) is 10.8. The van der Waals surface area contributed by atoms with E-state index in [0.29, 0.717) is 19.1 Å². The zero-order valence-electron chi connectivity index (χ0n) is 18.9. The van der Waals surface area contributed by atoms with Crippen molar-refractivity contribution in [2.75, 3.05) is 33.4 Å². The van der Waals surface area contributed by atoms with Crippen LogP contribution in [0.5, 0.6) is 0 Å². The summed E-state index contributed by atoms with van der Waals surface area (Å²) in [5.74, 6) is 2.63. The van der Waals surface area contributed by atoms with E-state index in [1.807, 2.05) is 36.7 Å². The molecule has 8 nitrogen and oxygen atoms in total. The smallest absolute Gasteiger partial charge is 0.192 e. The van der Waals surface area contributed by atoms with Crippen LogP contribution in [0.25, 0.3) is 0 Å². The van der Waals surface area contributed by atoms with Gasteiger partial charge in [-0.3, -0.25) is 0 Å². The van der Waals surface area contributed by atoms with Crippen molar-refractivity contribution in [1.29, 1.82) is 0 Å². The largest absolute Gasteiger partial charge is 0.385 e. The number of guanidine groups is 1. The lowest BCUT2D eigenvalue weighted by Gasteiger charge is -2.33. The van der Waals surface area contributed by atoms with E-state index >= 15 is 0 Å². The molecular formula is C22H36IN7O. The topological polar surface area (TPSA) is 79.6 Å². The minimum absolute atomic E-state index is 0. The van der Waals surface area contributed by atoms with Crippen molar-refractivity contribution in [3.8, 4) is 0 Å². The number of likely N-dealkylation sites (tertiary alicyclic amines) is 1. The average Bonchev–Trinajstić information content (AvgIpc) is 3.10. The van der Waals surface area contributed by atoms with Gasteiger partial charge in [-0.2, -0.15) is 0 Å². The summed E-state index contributed by atoms with van der Waals surface area (Å²) in [6, 6.07) is 10.8. The lowest BCUT2D eigenvalue weighted by molar-refractivity contribution is 0.155. The van der Waals surface area contributed by atoms with Gasteiger partial charge in [-0.05, 0) is 31.7 Å². The molecule has 9 heteroatoms. The van der Waals surface area contributed by atoms with Crippen molar-refractivity contribution < 1.29 is 4.74 Å². The van der Waals surface area contributed by atoms with Crippen LogP contribution in [-0.4, -0.2) is 65.0 Å². The summed E-state index contributed by atoms with van der Waals surface area (Å²) in [6.45, 7) is 7.35. The summed E-state index contributed by atoms with van der Waals surface area (Å²) in [5, 5.41) is 15.5. The maximum Gasteiger partial charge on any atom is 0.192 e. The molecule has 1 fully saturated rings. The van der Waals surface area contributed by atoms with Crippen LogP contribution < -0.4 is 10.6 Å². The molecule has 2 N–H and O–H groups in total. The molecule has 0 bridgehead atoms. The summed E-state index contributed by atoms with van der Waals surface area (Å²) in [4.78, 5) is 7.35. The number of ether oxygens (including phenoxy) is 1. The van der Waals surface area contributed by atoms with Gasteiger partial charge in [0.15, 0.2) is 11.8 Å². The molecule has 31 heavy (non-hydrogen) atoms. The molecule has 1 aromatic carbocycles. The van der Waals surface area contributed by atoms with Gasteiger partial charge >= 0.3 is 0 Å². The fraction of sp³-hybridized carbons (Fsp3) is 0.591. The third-order valence-electron chi connectivity index (χ3n) is 5.61. The predicted octanol–water partition coefficient (Wildman–Crippen LogP) is 2.48. The standard InChI is InChI=1S/C22H35N7O.HI/c1-18-26-27-21(28(18)2)17-24-22(23-16-19-8-5-4-6-9-19)25-20-10-13-29(14-11-20)12-7-15-30-3;/h4-6,8-9,20H,7,10-17H2,1-3H3,(H2,23,24,25);1H. The summed E-state index contributed by atoms with van der Waals surface area (Å²) in [6.07, 6.45) is 3.32. The zero-order chi connectivity index (χ0) is 21.2. The van der Waals surface area contributed by atoms with E-state index in [0.717, 1.165) is 63.1 Å². The lowest BCUT2D eigenvalue weighted by Crippen LogP contribution is -2.48. The number of nitrogens with zero attached hydrogens (tertiary/aromatic N) is 5. The van der Waals surface area contributed by atoms with E-state index in [9.17, 15) is 0 Å². The van der Waals surface area contributed by atoms with Gasteiger partial charge in [0.05, 0.1) is 13.1 Å². The van der Waals surface area contributed by atoms with Crippen LogP contribution >= 0.6 is 24.0 Å². The Morgan fingerprint density at radius 1 is 1.19 bits per heavy atom. The maximum absolute atomic E-state index is 5.17. The first-order chi connectivity index (χ1) is 14.7.